The number of carbonyl (C=O) groups excluding carboxylic acids is 1. The molecule has 0 heterocycles. The number of carbonyl (C=O) groups is 1. The number of ether oxygens (including phenoxy) is 1. The van der Waals surface area contributed by atoms with Gasteiger partial charge in [-0.2, -0.15) is 0 Å². The number of nitrogens with zero attached hydrogens (tertiary/aromatic N) is 2. The maximum absolute atomic E-state index is 11.8. The van der Waals surface area contributed by atoms with Crippen LogP contribution < -0.4 is 0 Å². The molecule has 110 valence electrons. The predicted molar refractivity (Wildman–Crippen MR) is 66.9 cm³/mol. The molecule has 0 aliphatic heterocycles. The van der Waals surface area contributed by atoms with Crippen molar-refractivity contribution in [3.05, 3.63) is 20.2 Å². The third kappa shape index (κ3) is 4.46. The lowest BCUT2D eigenvalue weighted by atomic mass is 9.82. The fourth-order valence-electron chi connectivity index (χ4n) is 1.85. The standard InChI is InChI=1S/C11H20N2O6/c1-4-6-7-9(8-12(15)16)11(3,13(17)18)10(14)19-5-2/h9H,4-8H2,1-3H3/t9-,11-/m0/s1. The number of unbranched alkanes of at least 4 members (excludes halogenated alkanes) is 1. The lowest BCUT2D eigenvalue weighted by molar-refractivity contribution is -0.579. The summed E-state index contributed by atoms with van der Waals surface area (Å²) in [6, 6.07) is 0. The maximum atomic E-state index is 11.8. The second kappa shape index (κ2) is 7.65. The molecular weight excluding hydrogens is 256 g/mol. The molecule has 0 unspecified atom stereocenters. The van der Waals surface area contributed by atoms with Crippen LogP contribution in [0.2, 0.25) is 0 Å². The van der Waals surface area contributed by atoms with E-state index < -0.39 is 33.8 Å². The van der Waals surface area contributed by atoms with Crippen LogP contribution in [0.25, 0.3) is 0 Å². The highest BCUT2D eigenvalue weighted by molar-refractivity contribution is 5.79. The van der Waals surface area contributed by atoms with E-state index in [0.29, 0.717) is 6.42 Å². The zero-order chi connectivity index (χ0) is 15.1. The average Bonchev–Trinajstić information content (AvgIpc) is 2.32. The van der Waals surface area contributed by atoms with Crippen molar-refractivity contribution in [3.63, 3.8) is 0 Å². The Morgan fingerprint density at radius 3 is 2.26 bits per heavy atom. The third-order valence-electron chi connectivity index (χ3n) is 3.14. The molecule has 8 nitrogen and oxygen atoms in total. The van der Waals surface area contributed by atoms with Crippen LogP contribution in [0.15, 0.2) is 0 Å². The van der Waals surface area contributed by atoms with Gasteiger partial charge >= 0.3 is 11.5 Å². The minimum Gasteiger partial charge on any atom is -0.461 e. The van der Waals surface area contributed by atoms with Gasteiger partial charge < -0.3 is 4.74 Å². The van der Waals surface area contributed by atoms with Gasteiger partial charge in [-0.05, 0) is 13.3 Å². The maximum Gasteiger partial charge on any atom is 0.385 e. The summed E-state index contributed by atoms with van der Waals surface area (Å²) in [5.41, 5.74) is -2.07. The van der Waals surface area contributed by atoms with Crippen LogP contribution in [0, 0.1) is 26.1 Å². The Kier molecular flexibility index (Phi) is 6.95. The van der Waals surface area contributed by atoms with Crippen LogP contribution in [0.1, 0.15) is 40.0 Å². The Hall–Kier alpha value is -1.73. The van der Waals surface area contributed by atoms with Crippen molar-refractivity contribution in [3.8, 4) is 0 Å². The lowest BCUT2D eigenvalue weighted by Crippen LogP contribution is -2.53. The smallest absolute Gasteiger partial charge is 0.385 e. The average molecular weight is 276 g/mol. The molecule has 2 atom stereocenters. The van der Waals surface area contributed by atoms with E-state index in [2.05, 4.69) is 0 Å². The highest BCUT2D eigenvalue weighted by Crippen LogP contribution is 2.28. The van der Waals surface area contributed by atoms with E-state index in [4.69, 9.17) is 4.74 Å². The Morgan fingerprint density at radius 1 is 1.32 bits per heavy atom. The van der Waals surface area contributed by atoms with Gasteiger partial charge in [0.2, 0.25) is 6.54 Å². The van der Waals surface area contributed by atoms with E-state index in [0.717, 1.165) is 13.3 Å². The molecule has 0 bridgehead atoms. The van der Waals surface area contributed by atoms with Crippen molar-refractivity contribution in [2.45, 2.75) is 45.6 Å². The van der Waals surface area contributed by atoms with Gasteiger partial charge in [0.15, 0.2) is 0 Å². The Balaban J connectivity index is 5.29. The summed E-state index contributed by atoms with van der Waals surface area (Å²) in [5.74, 6) is -1.99. The Labute approximate surface area is 111 Å². The SMILES string of the molecule is CCCC[C@@H](C[N+](=O)[O-])[C@@](C)(C(=O)OCC)[N+](=O)[O-]. The molecule has 0 aromatic rings. The number of hydrogen-bond donors (Lipinski definition) is 0. The zero-order valence-corrected chi connectivity index (χ0v) is 11.5. The summed E-state index contributed by atoms with van der Waals surface area (Å²) < 4.78 is 4.71. The van der Waals surface area contributed by atoms with Crippen molar-refractivity contribution in [1.29, 1.82) is 0 Å². The minimum atomic E-state index is -2.07. The Bertz CT molecular complexity index is 346. The van der Waals surface area contributed by atoms with Crippen LogP contribution in [0.3, 0.4) is 0 Å². The van der Waals surface area contributed by atoms with E-state index in [1.807, 2.05) is 6.92 Å². The second-order valence-electron chi connectivity index (χ2n) is 4.48. The van der Waals surface area contributed by atoms with Crippen molar-refractivity contribution in [2.75, 3.05) is 13.2 Å². The molecule has 0 rings (SSSR count). The van der Waals surface area contributed by atoms with E-state index in [1.54, 1.807) is 0 Å². The molecule has 8 heteroatoms. The normalized spacial score (nSPS) is 15.3. The zero-order valence-electron chi connectivity index (χ0n) is 11.5. The van der Waals surface area contributed by atoms with Gasteiger partial charge in [0.05, 0.1) is 6.61 Å². The Morgan fingerprint density at radius 2 is 1.89 bits per heavy atom. The first-order chi connectivity index (χ1) is 8.80. The summed E-state index contributed by atoms with van der Waals surface area (Å²) in [7, 11) is 0. The van der Waals surface area contributed by atoms with E-state index in [9.17, 15) is 25.0 Å². The van der Waals surface area contributed by atoms with E-state index in [1.165, 1.54) is 6.92 Å². The summed E-state index contributed by atoms with van der Waals surface area (Å²) >= 11 is 0. The van der Waals surface area contributed by atoms with Crippen molar-refractivity contribution in [1.82, 2.24) is 0 Å². The molecule has 19 heavy (non-hydrogen) atoms. The molecule has 0 aliphatic carbocycles. The molecule has 0 aromatic carbocycles. The fraction of sp³-hybridized carbons (Fsp3) is 0.909. The molecule has 0 fully saturated rings. The van der Waals surface area contributed by atoms with Crippen LogP contribution in [-0.2, 0) is 9.53 Å². The minimum absolute atomic E-state index is 0.00122. The van der Waals surface area contributed by atoms with Gasteiger partial charge in [0.1, 0.15) is 5.92 Å². The van der Waals surface area contributed by atoms with E-state index >= 15 is 0 Å². The number of nitro groups is 2. The van der Waals surface area contributed by atoms with Gasteiger partial charge in [-0.15, -0.1) is 0 Å². The number of hydrogen-bond acceptors (Lipinski definition) is 6. The monoisotopic (exact) mass is 276 g/mol. The highest BCUT2D eigenvalue weighted by Gasteiger charge is 2.56. The highest BCUT2D eigenvalue weighted by atomic mass is 16.6. The van der Waals surface area contributed by atoms with Gasteiger partial charge in [-0.1, -0.05) is 19.8 Å². The summed E-state index contributed by atoms with van der Waals surface area (Å²) in [6.45, 7) is 3.90. The van der Waals surface area contributed by atoms with Gasteiger partial charge in [0, 0.05) is 16.8 Å². The molecule has 0 saturated heterocycles. The molecule has 0 saturated carbocycles. The van der Waals surface area contributed by atoms with Crippen molar-refractivity contribution in [2.24, 2.45) is 5.92 Å². The molecule has 0 amide bonds. The molecule has 0 spiro atoms. The van der Waals surface area contributed by atoms with Crippen molar-refractivity contribution < 1.29 is 19.4 Å². The first-order valence-electron chi connectivity index (χ1n) is 6.24. The van der Waals surface area contributed by atoms with E-state index in [-0.39, 0.29) is 13.0 Å². The van der Waals surface area contributed by atoms with Gasteiger partial charge in [-0.25, -0.2) is 4.79 Å². The summed E-state index contributed by atoms with van der Waals surface area (Å²) in [5, 5.41) is 21.9. The largest absolute Gasteiger partial charge is 0.461 e. The molecule has 0 aliphatic rings. The van der Waals surface area contributed by atoms with Crippen LogP contribution in [0.4, 0.5) is 0 Å². The van der Waals surface area contributed by atoms with Gasteiger partial charge in [0.25, 0.3) is 0 Å². The van der Waals surface area contributed by atoms with Crippen LogP contribution in [0.5, 0.6) is 0 Å². The predicted octanol–water partition coefficient (Wildman–Crippen LogP) is 1.67. The van der Waals surface area contributed by atoms with Gasteiger partial charge in [-0.3, -0.25) is 20.2 Å². The third-order valence-corrected chi connectivity index (χ3v) is 3.14. The van der Waals surface area contributed by atoms with Crippen molar-refractivity contribution >= 4 is 5.97 Å². The summed E-state index contributed by atoms with van der Waals surface area (Å²) in [6.07, 6.45) is 1.57. The van der Waals surface area contributed by atoms with Crippen LogP contribution >= 0.6 is 0 Å². The molecular formula is C11H20N2O6. The van der Waals surface area contributed by atoms with Crippen LogP contribution in [-0.4, -0.2) is 34.5 Å². The molecule has 0 radical (unpaired) electrons. The number of esters is 1. The first-order valence-corrected chi connectivity index (χ1v) is 6.24. The fourth-order valence-corrected chi connectivity index (χ4v) is 1.85. The molecule has 0 N–H and O–H groups in total. The lowest BCUT2D eigenvalue weighted by Gasteiger charge is -2.25. The summed E-state index contributed by atoms with van der Waals surface area (Å²) in [4.78, 5) is 32.3. The molecule has 0 aromatic heterocycles. The topological polar surface area (TPSA) is 113 Å². The number of rotatable bonds is 9. The second-order valence-corrected chi connectivity index (χ2v) is 4.48. The first kappa shape index (κ1) is 17.3. The quantitative estimate of drug-likeness (QED) is 0.359.